The number of nitrogens with one attached hydrogen (secondary N) is 1. The summed E-state index contributed by atoms with van der Waals surface area (Å²) in [5.74, 6) is 0.878. The van der Waals surface area contributed by atoms with Crippen molar-refractivity contribution in [2.24, 2.45) is 0 Å². The zero-order valence-corrected chi connectivity index (χ0v) is 11.7. The summed E-state index contributed by atoms with van der Waals surface area (Å²) < 4.78 is 10.4. The van der Waals surface area contributed by atoms with Gasteiger partial charge < -0.3 is 25.4 Å². The minimum Gasteiger partial charge on any atom is -0.497 e. The van der Waals surface area contributed by atoms with E-state index in [9.17, 15) is 4.79 Å². The van der Waals surface area contributed by atoms with Crippen LogP contribution >= 0.6 is 0 Å². The van der Waals surface area contributed by atoms with Crippen molar-refractivity contribution < 1.29 is 14.3 Å². The highest BCUT2D eigenvalue weighted by atomic mass is 16.5. The van der Waals surface area contributed by atoms with Crippen molar-refractivity contribution in [2.45, 2.75) is 6.42 Å². The zero-order valence-electron chi connectivity index (χ0n) is 11.7. The molecule has 1 heterocycles. The second-order valence-corrected chi connectivity index (χ2v) is 4.62. The fourth-order valence-corrected chi connectivity index (χ4v) is 2.09. The molecule has 0 atom stereocenters. The van der Waals surface area contributed by atoms with Gasteiger partial charge in [-0.2, -0.15) is 0 Å². The normalized spacial score (nSPS) is 14.9. The summed E-state index contributed by atoms with van der Waals surface area (Å²) in [5, 5.41) is 3.17. The highest BCUT2D eigenvalue weighted by Crippen LogP contribution is 2.24. The Morgan fingerprint density at radius 3 is 2.90 bits per heavy atom. The first kappa shape index (κ1) is 14.5. The van der Waals surface area contributed by atoms with Gasteiger partial charge in [-0.05, 0) is 12.1 Å². The van der Waals surface area contributed by atoms with E-state index in [4.69, 9.17) is 15.2 Å². The van der Waals surface area contributed by atoms with Crippen LogP contribution in [0, 0.1) is 0 Å². The van der Waals surface area contributed by atoms with Crippen molar-refractivity contribution >= 4 is 17.3 Å². The molecular weight excluding hydrogens is 258 g/mol. The van der Waals surface area contributed by atoms with Crippen LogP contribution in [0.1, 0.15) is 6.42 Å². The Morgan fingerprint density at radius 2 is 2.20 bits per heavy atom. The van der Waals surface area contributed by atoms with Crippen molar-refractivity contribution in [1.82, 2.24) is 4.90 Å². The van der Waals surface area contributed by atoms with Gasteiger partial charge in [0.25, 0.3) is 0 Å². The number of amides is 1. The number of carbonyl (C=O) groups excluding carboxylic acids is 1. The summed E-state index contributed by atoms with van der Waals surface area (Å²) in [7, 11) is 1.61. The standard InChI is InChI=1S/C14H21N3O3/c1-19-11-2-3-12(15)13(10-11)16-5-4-14(18)17-6-8-20-9-7-17/h2-3,10,16H,4-9,15H2,1H3. The Bertz CT molecular complexity index is 459. The molecule has 1 aromatic carbocycles. The molecule has 0 aliphatic carbocycles. The molecule has 2 rings (SSSR count). The molecule has 3 N–H and O–H groups in total. The molecule has 20 heavy (non-hydrogen) atoms. The van der Waals surface area contributed by atoms with Crippen LogP contribution in [0.25, 0.3) is 0 Å². The number of carbonyl (C=O) groups is 1. The van der Waals surface area contributed by atoms with E-state index in [1.807, 2.05) is 11.0 Å². The predicted molar refractivity (Wildman–Crippen MR) is 77.9 cm³/mol. The van der Waals surface area contributed by atoms with Gasteiger partial charge in [-0.25, -0.2) is 0 Å². The molecule has 1 amide bonds. The topological polar surface area (TPSA) is 76.8 Å². The Balaban J connectivity index is 1.81. The lowest BCUT2D eigenvalue weighted by molar-refractivity contribution is -0.134. The Labute approximate surface area is 118 Å². The van der Waals surface area contributed by atoms with Gasteiger partial charge in [0.1, 0.15) is 5.75 Å². The maximum atomic E-state index is 12.0. The van der Waals surface area contributed by atoms with Crippen LogP contribution in [0.5, 0.6) is 5.75 Å². The smallest absolute Gasteiger partial charge is 0.224 e. The first-order valence-corrected chi connectivity index (χ1v) is 6.73. The summed E-state index contributed by atoms with van der Waals surface area (Å²) in [6.45, 7) is 3.16. The number of hydrogen-bond donors (Lipinski definition) is 2. The van der Waals surface area contributed by atoms with Crippen molar-refractivity contribution in [3.05, 3.63) is 18.2 Å². The van der Waals surface area contributed by atoms with Crippen molar-refractivity contribution in [3.63, 3.8) is 0 Å². The largest absolute Gasteiger partial charge is 0.497 e. The maximum Gasteiger partial charge on any atom is 0.224 e. The van der Waals surface area contributed by atoms with Crippen LogP contribution in [-0.4, -0.2) is 50.8 Å². The number of rotatable bonds is 5. The lowest BCUT2D eigenvalue weighted by atomic mass is 10.2. The van der Waals surface area contributed by atoms with Crippen LogP contribution in [-0.2, 0) is 9.53 Å². The van der Waals surface area contributed by atoms with Gasteiger partial charge in [0.15, 0.2) is 0 Å². The van der Waals surface area contributed by atoms with Crippen molar-refractivity contribution in [2.75, 3.05) is 51.0 Å². The fraction of sp³-hybridized carbons (Fsp3) is 0.500. The monoisotopic (exact) mass is 279 g/mol. The van der Waals surface area contributed by atoms with Crippen LogP contribution in [0.3, 0.4) is 0 Å². The molecule has 0 aromatic heterocycles. The third kappa shape index (κ3) is 3.77. The molecule has 110 valence electrons. The van der Waals surface area contributed by atoms with Gasteiger partial charge in [-0.1, -0.05) is 0 Å². The number of nitrogens with zero attached hydrogens (tertiary/aromatic N) is 1. The molecule has 0 saturated carbocycles. The highest BCUT2D eigenvalue weighted by Gasteiger charge is 2.16. The van der Waals surface area contributed by atoms with Crippen LogP contribution in [0.15, 0.2) is 18.2 Å². The first-order chi connectivity index (χ1) is 9.70. The van der Waals surface area contributed by atoms with Gasteiger partial charge in [0.2, 0.25) is 5.91 Å². The third-order valence-corrected chi connectivity index (χ3v) is 3.28. The molecule has 1 saturated heterocycles. The molecule has 0 unspecified atom stereocenters. The second kappa shape index (κ2) is 7.00. The number of anilines is 2. The number of nitrogens with two attached hydrogens (primary N) is 1. The lowest BCUT2D eigenvalue weighted by Gasteiger charge is -2.27. The Kier molecular flexibility index (Phi) is 5.06. The van der Waals surface area contributed by atoms with E-state index < -0.39 is 0 Å². The SMILES string of the molecule is COc1ccc(N)c(NCCC(=O)N2CCOCC2)c1. The molecule has 6 nitrogen and oxygen atoms in total. The molecular formula is C14H21N3O3. The van der Waals surface area contributed by atoms with E-state index in [0.29, 0.717) is 45.0 Å². The van der Waals surface area contributed by atoms with E-state index in [1.54, 1.807) is 19.2 Å². The Morgan fingerprint density at radius 1 is 1.45 bits per heavy atom. The summed E-state index contributed by atoms with van der Waals surface area (Å²) in [6.07, 6.45) is 0.441. The average molecular weight is 279 g/mol. The van der Waals surface area contributed by atoms with Crippen LogP contribution < -0.4 is 15.8 Å². The number of nitrogen functional groups attached to an aromatic ring is 1. The van der Waals surface area contributed by atoms with Gasteiger partial charge in [-0.15, -0.1) is 0 Å². The number of ether oxygens (including phenoxy) is 2. The number of benzene rings is 1. The molecule has 1 fully saturated rings. The van der Waals surface area contributed by atoms with Gasteiger partial charge in [-0.3, -0.25) is 4.79 Å². The average Bonchev–Trinajstić information content (AvgIpc) is 2.50. The molecule has 1 aromatic rings. The number of morpholine rings is 1. The summed E-state index contributed by atoms with van der Waals surface area (Å²) in [5.41, 5.74) is 7.31. The van der Waals surface area contributed by atoms with Crippen molar-refractivity contribution in [1.29, 1.82) is 0 Å². The zero-order chi connectivity index (χ0) is 14.4. The van der Waals surface area contributed by atoms with Gasteiger partial charge in [0.05, 0.1) is 31.7 Å². The van der Waals surface area contributed by atoms with Crippen LogP contribution in [0.4, 0.5) is 11.4 Å². The number of methoxy groups -OCH3 is 1. The minimum atomic E-state index is 0.141. The van der Waals surface area contributed by atoms with Gasteiger partial charge >= 0.3 is 0 Å². The molecule has 0 radical (unpaired) electrons. The Hall–Kier alpha value is -1.95. The second-order valence-electron chi connectivity index (χ2n) is 4.62. The number of hydrogen-bond acceptors (Lipinski definition) is 5. The lowest BCUT2D eigenvalue weighted by Crippen LogP contribution is -2.41. The first-order valence-electron chi connectivity index (χ1n) is 6.73. The maximum absolute atomic E-state index is 12.0. The quantitative estimate of drug-likeness (QED) is 0.784. The van der Waals surface area contributed by atoms with E-state index in [1.165, 1.54) is 0 Å². The fourth-order valence-electron chi connectivity index (χ4n) is 2.09. The summed E-state index contributed by atoms with van der Waals surface area (Å²) in [6, 6.07) is 5.42. The summed E-state index contributed by atoms with van der Waals surface area (Å²) in [4.78, 5) is 13.8. The minimum absolute atomic E-state index is 0.141. The summed E-state index contributed by atoms with van der Waals surface area (Å²) >= 11 is 0. The van der Waals surface area contributed by atoms with Crippen molar-refractivity contribution in [3.8, 4) is 5.75 Å². The molecule has 6 heteroatoms. The van der Waals surface area contributed by atoms with E-state index in [2.05, 4.69) is 5.32 Å². The molecule has 0 spiro atoms. The molecule has 1 aliphatic rings. The highest BCUT2D eigenvalue weighted by molar-refractivity contribution is 5.77. The van der Waals surface area contributed by atoms with Gasteiger partial charge in [0, 0.05) is 32.1 Å². The van der Waals surface area contributed by atoms with E-state index in [-0.39, 0.29) is 5.91 Å². The molecule has 1 aliphatic heterocycles. The van der Waals surface area contributed by atoms with Crippen LogP contribution in [0.2, 0.25) is 0 Å². The van der Waals surface area contributed by atoms with E-state index in [0.717, 1.165) is 11.4 Å². The predicted octanol–water partition coefficient (Wildman–Crippen LogP) is 0.938. The van der Waals surface area contributed by atoms with E-state index >= 15 is 0 Å². The molecule has 0 bridgehead atoms. The third-order valence-electron chi connectivity index (χ3n) is 3.28.